The van der Waals surface area contributed by atoms with E-state index in [1.54, 1.807) is 48.5 Å². The Bertz CT molecular complexity index is 1050. The summed E-state index contributed by atoms with van der Waals surface area (Å²) in [5, 5.41) is 4.98. The van der Waals surface area contributed by atoms with E-state index in [9.17, 15) is 19.2 Å². The fraction of sp³-hybridized carbons (Fsp3) is 0.231. The number of hydrogen-bond donors (Lipinski definition) is 2. The van der Waals surface area contributed by atoms with Crippen molar-refractivity contribution in [1.29, 1.82) is 0 Å². The summed E-state index contributed by atoms with van der Waals surface area (Å²) in [6, 6.07) is 13.4. The molecule has 0 aliphatic rings. The monoisotopic (exact) mass is 496 g/mol. The average Bonchev–Trinajstić information content (AvgIpc) is 2.85. The van der Waals surface area contributed by atoms with E-state index in [1.165, 1.54) is 13.8 Å². The van der Waals surface area contributed by atoms with Crippen LogP contribution in [0, 0.1) is 0 Å². The molecule has 36 heavy (non-hydrogen) atoms. The summed E-state index contributed by atoms with van der Waals surface area (Å²) in [6.07, 6.45) is -1.51. The van der Waals surface area contributed by atoms with Gasteiger partial charge in [0, 0.05) is 22.3 Å². The number of hydrogen-bond acceptors (Lipinski definition) is 8. The largest absolute Gasteiger partial charge is 0.460 e. The predicted octanol–water partition coefficient (Wildman–Crippen LogP) is 3.77. The van der Waals surface area contributed by atoms with Crippen LogP contribution in [-0.4, -0.2) is 50.4 Å². The highest BCUT2D eigenvalue weighted by molar-refractivity contribution is 5.87. The Balaban J connectivity index is 2.00. The van der Waals surface area contributed by atoms with Gasteiger partial charge in [-0.2, -0.15) is 0 Å². The summed E-state index contributed by atoms with van der Waals surface area (Å²) in [7, 11) is 0. The SMILES string of the molecule is C=C(C)C(=O)OCCNC(=O)Oc1ccccc1-c1ccccc1OC(=O)NCCOC(=O)C(=C)C. The minimum atomic E-state index is -0.755. The van der Waals surface area contributed by atoms with Crippen molar-refractivity contribution in [2.24, 2.45) is 0 Å². The smallest absolute Gasteiger partial charge is 0.412 e. The second kappa shape index (κ2) is 14.0. The van der Waals surface area contributed by atoms with Gasteiger partial charge in [0.2, 0.25) is 0 Å². The van der Waals surface area contributed by atoms with Crippen molar-refractivity contribution in [2.75, 3.05) is 26.3 Å². The Labute approximate surface area is 208 Å². The molecule has 2 rings (SSSR count). The van der Waals surface area contributed by atoms with Gasteiger partial charge in [0.1, 0.15) is 24.7 Å². The molecule has 0 radical (unpaired) electrons. The fourth-order valence-electron chi connectivity index (χ4n) is 2.67. The number of amides is 2. The molecule has 0 aliphatic heterocycles. The zero-order chi connectivity index (χ0) is 26.5. The van der Waals surface area contributed by atoms with Crippen LogP contribution in [0.15, 0.2) is 72.8 Å². The Morgan fingerprint density at radius 1 is 0.667 bits per heavy atom. The van der Waals surface area contributed by atoms with E-state index in [0.29, 0.717) is 11.1 Å². The van der Waals surface area contributed by atoms with Crippen molar-refractivity contribution < 1.29 is 38.1 Å². The summed E-state index contributed by atoms with van der Waals surface area (Å²) in [5.41, 5.74) is 1.51. The predicted molar refractivity (Wildman–Crippen MR) is 131 cm³/mol. The first-order valence-corrected chi connectivity index (χ1v) is 10.9. The third-order valence-corrected chi connectivity index (χ3v) is 4.38. The molecule has 2 aromatic rings. The highest BCUT2D eigenvalue weighted by atomic mass is 16.6. The van der Waals surface area contributed by atoms with E-state index in [2.05, 4.69) is 23.8 Å². The molecule has 0 aliphatic carbocycles. The first kappa shape index (κ1) is 27.6. The molecule has 0 aromatic heterocycles. The second-order valence-electron chi connectivity index (χ2n) is 7.46. The third-order valence-electron chi connectivity index (χ3n) is 4.38. The van der Waals surface area contributed by atoms with Crippen LogP contribution in [-0.2, 0) is 19.1 Å². The minimum Gasteiger partial charge on any atom is -0.460 e. The van der Waals surface area contributed by atoms with Crippen LogP contribution in [0.1, 0.15) is 13.8 Å². The summed E-state index contributed by atoms with van der Waals surface area (Å²) >= 11 is 0. The molecule has 0 unspecified atom stereocenters. The lowest BCUT2D eigenvalue weighted by Crippen LogP contribution is -2.31. The number of rotatable bonds is 11. The van der Waals surface area contributed by atoms with E-state index in [0.717, 1.165) is 0 Å². The van der Waals surface area contributed by atoms with E-state index < -0.39 is 24.1 Å². The number of carbonyl (C=O) groups is 4. The average molecular weight is 497 g/mol. The van der Waals surface area contributed by atoms with Crippen molar-refractivity contribution in [3.63, 3.8) is 0 Å². The first-order valence-electron chi connectivity index (χ1n) is 10.9. The summed E-state index contributed by atoms with van der Waals surface area (Å²) in [5.74, 6) is -0.665. The van der Waals surface area contributed by atoms with Crippen molar-refractivity contribution in [3.05, 3.63) is 72.8 Å². The van der Waals surface area contributed by atoms with Crippen LogP contribution in [0.4, 0.5) is 9.59 Å². The maximum atomic E-state index is 12.2. The lowest BCUT2D eigenvalue weighted by atomic mass is 10.0. The van der Waals surface area contributed by atoms with Crippen LogP contribution in [0.3, 0.4) is 0 Å². The molecular formula is C26H28N2O8. The molecule has 0 bridgehead atoms. The quantitative estimate of drug-likeness (QED) is 0.273. The van der Waals surface area contributed by atoms with Gasteiger partial charge in [0.15, 0.2) is 0 Å². The number of nitrogens with one attached hydrogen (secondary N) is 2. The highest BCUT2D eigenvalue weighted by Gasteiger charge is 2.16. The van der Waals surface area contributed by atoms with Gasteiger partial charge in [-0.15, -0.1) is 0 Å². The molecule has 0 atom stereocenters. The van der Waals surface area contributed by atoms with Gasteiger partial charge < -0.3 is 29.6 Å². The molecule has 190 valence electrons. The number of para-hydroxylation sites is 2. The molecule has 2 aromatic carbocycles. The molecule has 2 amide bonds. The first-order chi connectivity index (χ1) is 17.2. The summed E-state index contributed by atoms with van der Waals surface area (Å²) in [4.78, 5) is 47.3. The van der Waals surface area contributed by atoms with Gasteiger partial charge in [-0.25, -0.2) is 19.2 Å². The molecule has 0 saturated carbocycles. The van der Waals surface area contributed by atoms with E-state index in [-0.39, 0.29) is 48.9 Å². The van der Waals surface area contributed by atoms with E-state index >= 15 is 0 Å². The van der Waals surface area contributed by atoms with Crippen molar-refractivity contribution in [2.45, 2.75) is 13.8 Å². The topological polar surface area (TPSA) is 129 Å². The minimum absolute atomic E-state index is 0.0410. The molecule has 10 nitrogen and oxygen atoms in total. The normalized spacial score (nSPS) is 9.94. The lowest BCUT2D eigenvalue weighted by molar-refractivity contribution is -0.139. The van der Waals surface area contributed by atoms with E-state index in [1.807, 2.05) is 0 Å². The van der Waals surface area contributed by atoms with Crippen LogP contribution in [0.25, 0.3) is 11.1 Å². The van der Waals surface area contributed by atoms with Gasteiger partial charge in [0.25, 0.3) is 0 Å². The molecule has 0 spiro atoms. The molecule has 0 heterocycles. The molecule has 10 heteroatoms. The zero-order valence-corrected chi connectivity index (χ0v) is 20.1. The summed E-state index contributed by atoms with van der Waals surface area (Å²) < 4.78 is 20.7. The van der Waals surface area contributed by atoms with Crippen LogP contribution < -0.4 is 20.1 Å². The van der Waals surface area contributed by atoms with Crippen molar-refractivity contribution in [3.8, 4) is 22.6 Å². The lowest BCUT2D eigenvalue weighted by Gasteiger charge is -2.14. The maximum Gasteiger partial charge on any atom is 0.412 e. The highest BCUT2D eigenvalue weighted by Crippen LogP contribution is 2.36. The summed E-state index contributed by atoms with van der Waals surface area (Å²) in [6.45, 7) is 10.00. The van der Waals surface area contributed by atoms with Gasteiger partial charge in [-0.1, -0.05) is 49.6 Å². The number of benzene rings is 2. The van der Waals surface area contributed by atoms with E-state index in [4.69, 9.17) is 18.9 Å². The molecule has 2 N–H and O–H groups in total. The maximum absolute atomic E-state index is 12.2. The Hall–Kier alpha value is -4.60. The number of carbonyl (C=O) groups excluding carboxylic acids is 4. The standard InChI is InChI=1S/C26H28N2O8/c1-17(2)23(29)33-15-13-27-25(31)35-21-11-7-5-9-19(21)20-10-6-8-12-22(20)36-26(32)28-14-16-34-24(30)18(3)4/h5-12H,1,3,13-16H2,2,4H3,(H,27,31)(H,28,32). The zero-order valence-electron chi connectivity index (χ0n) is 20.1. The second-order valence-corrected chi connectivity index (χ2v) is 7.46. The van der Waals surface area contributed by atoms with Gasteiger partial charge in [-0.05, 0) is 26.0 Å². The molecule has 0 fully saturated rings. The van der Waals surface area contributed by atoms with Crippen molar-refractivity contribution in [1.82, 2.24) is 10.6 Å². The van der Waals surface area contributed by atoms with Crippen LogP contribution >= 0.6 is 0 Å². The number of ether oxygens (including phenoxy) is 4. The Morgan fingerprint density at radius 3 is 1.39 bits per heavy atom. The molecule has 0 saturated heterocycles. The van der Waals surface area contributed by atoms with Crippen LogP contribution in [0.2, 0.25) is 0 Å². The van der Waals surface area contributed by atoms with Crippen molar-refractivity contribution >= 4 is 24.1 Å². The third kappa shape index (κ3) is 8.98. The van der Waals surface area contributed by atoms with Gasteiger partial charge in [-0.3, -0.25) is 0 Å². The fourth-order valence-corrected chi connectivity index (χ4v) is 2.67. The Kier molecular flexibility index (Phi) is 10.7. The van der Waals surface area contributed by atoms with Crippen LogP contribution in [0.5, 0.6) is 11.5 Å². The molecular weight excluding hydrogens is 468 g/mol. The van der Waals surface area contributed by atoms with Gasteiger partial charge >= 0.3 is 24.1 Å². The number of esters is 2. The Morgan fingerprint density at radius 2 is 1.03 bits per heavy atom. The van der Waals surface area contributed by atoms with Gasteiger partial charge in [0.05, 0.1) is 13.1 Å².